The molecule has 0 aliphatic rings. The second-order valence-electron chi connectivity index (χ2n) is 5.56. The molecule has 0 unspecified atom stereocenters. The molecule has 0 fully saturated rings. The molecule has 0 saturated heterocycles. The molecule has 0 aliphatic carbocycles. The highest BCUT2D eigenvalue weighted by Crippen LogP contribution is 2.22. The Labute approximate surface area is 154 Å². The van der Waals surface area contributed by atoms with Gasteiger partial charge in [-0.15, -0.1) is 10.2 Å². The molecule has 0 aliphatic heterocycles. The molecule has 3 rings (SSSR count). The van der Waals surface area contributed by atoms with Crippen molar-refractivity contribution in [3.8, 4) is 11.4 Å². The fourth-order valence-corrected chi connectivity index (χ4v) is 2.38. The van der Waals surface area contributed by atoms with Crippen molar-refractivity contribution in [2.75, 3.05) is 18.4 Å². The molecule has 0 spiro atoms. The molecule has 3 aromatic rings. The van der Waals surface area contributed by atoms with Crippen molar-refractivity contribution in [3.05, 3.63) is 64.7 Å². The topological polar surface area (TPSA) is 128 Å². The van der Waals surface area contributed by atoms with Crippen LogP contribution in [0.4, 0.5) is 11.4 Å². The van der Waals surface area contributed by atoms with Crippen LogP contribution in [0, 0.1) is 10.1 Å². The standard InChI is InChI=1S/C17H17N7O3/c25-16(12-23-21-17(20-22-23)13-6-2-1-3-7-13)19-11-10-18-14-8-4-5-9-15(14)24(26)27/h1-9,18H,10-12H2,(H,19,25). The largest absolute Gasteiger partial charge is 0.378 e. The highest BCUT2D eigenvalue weighted by atomic mass is 16.6. The molecule has 1 amide bonds. The zero-order chi connectivity index (χ0) is 19.1. The van der Waals surface area contributed by atoms with E-state index in [1.54, 1.807) is 18.2 Å². The van der Waals surface area contributed by atoms with Gasteiger partial charge in [-0.05, 0) is 11.3 Å². The van der Waals surface area contributed by atoms with E-state index in [9.17, 15) is 14.9 Å². The van der Waals surface area contributed by atoms with Crippen LogP contribution < -0.4 is 10.6 Å². The van der Waals surface area contributed by atoms with Gasteiger partial charge in [0.05, 0.1) is 4.92 Å². The molecule has 1 aromatic heterocycles. The summed E-state index contributed by atoms with van der Waals surface area (Å²) in [7, 11) is 0. The zero-order valence-electron chi connectivity index (χ0n) is 14.3. The van der Waals surface area contributed by atoms with Crippen molar-refractivity contribution in [2.45, 2.75) is 6.54 Å². The summed E-state index contributed by atoms with van der Waals surface area (Å²) in [4.78, 5) is 23.7. The van der Waals surface area contributed by atoms with Gasteiger partial charge in [0.25, 0.3) is 5.69 Å². The lowest BCUT2D eigenvalue weighted by molar-refractivity contribution is -0.384. The molecule has 1 heterocycles. The minimum absolute atomic E-state index is 0.0101. The van der Waals surface area contributed by atoms with Gasteiger partial charge >= 0.3 is 0 Å². The molecular weight excluding hydrogens is 350 g/mol. The summed E-state index contributed by atoms with van der Waals surface area (Å²) in [5.74, 6) is 0.165. The SMILES string of the molecule is O=C(Cn1nnc(-c2ccccc2)n1)NCCNc1ccccc1[N+](=O)[O-]. The van der Waals surface area contributed by atoms with Crippen LogP contribution in [0.15, 0.2) is 54.6 Å². The highest BCUT2D eigenvalue weighted by Gasteiger charge is 2.12. The van der Waals surface area contributed by atoms with Crippen LogP contribution in [0.1, 0.15) is 0 Å². The van der Waals surface area contributed by atoms with Crippen molar-refractivity contribution < 1.29 is 9.72 Å². The van der Waals surface area contributed by atoms with Crippen molar-refractivity contribution in [1.29, 1.82) is 0 Å². The summed E-state index contributed by atoms with van der Waals surface area (Å²) in [6.07, 6.45) is 0. The van der Waals surface area contributed by atoms with Crippen molar-refractivity contribution in [3.63, 3.8) is 0 Å². The Balaban J connectivity index is 1.46. The van der Waals surface area contributed by atoms with Crippen LogP contribution in [-0.4, -0.2) is 44.1 Å². The van der Waals surface area contributed by atoms with Crippen LogP contribution >= 0.6 is 0 Å². The monoisotopic (exact) mass is 367 g/mol. The van der Waals surface area contributed by atoms with E-state index < -0.39 is 4.92 Å². The molecule has 0 atom stereocenters. The normalized spacial score (nSPS) is 10.4. The molecule has 10 nitrogen and oxygen atoms in total. The lowest BCUT2D eigenvalue weighted by Crippen LogP contribution is -2.32. The minimum atomic E-state index is -0.457. The number of anilines is 1. The third kappa shape index (κ3) is 4.84. The first kappa shape index (κ1) is 18.0. The Morgan fingerprint density at radius 3 is 2.59 bits per heavy atom. The number of hydrogen-bond acceptors (Lipinski definition) is 7. The van der Waals surface area contributed by atoms with Gasteiger partial charge in [0.1, 0.15) is 12.2 Å². The first-order valence-electron chi connectivity index (χ1n) is 8.21. The van der Waals surface area contributed by atoms with E-state index >= 15 is 0 Å². The second-order valence-corrected chi connectivity index (χ2v) is 5.56. The molecular formula is C17H17N7O3. The number of rotatable bonds is 8. The Morgan fingerprint density at radius 1 is 1.07 bits per heavy atom. The molecule has 0 saturated carbocycles. The van der Waals surface area contributed by atoms with E-state index in [1.807, 2.05) is 30.3 Å². The lowest BCUT2D eigenvalue weighted by Gasteiger charge is -2.08. The molecule has 2 aromatic carbocycles. The maximum absolute atomic E-state index is 12.0. The number of benzene rings is 2. The summed E-state index contributed by atoms with van der Waals surface area (Å²) in [6.45, 7) is 0.576. The zero-order valence-corrected chi connectivity index (χ0v) is 14.3. The number of nitro groups is 1. The molecule has 27 heavy (non-hydrogen) atoms. The van der Waals surface area contributed by atoms with E-state index in [-0.39, 0.29) is 18.1 Å². The van der Waals surface area contributed by atoms with Crippen molar-refractivity contribution in [1.82, 2.24) is 25.5 Å². The fourth-order valence-electron chi connectivity index (χ4n) is 2.38. The molecule has 0 radical (unpaired) electrons. The van der Waals surface area contributed by atoms with Gasteiger partial charge < -0.3 is 10.6 Å². The van der Waals surface area contributed by atoms with E-state index in [1.165, 1.54) is 10.9 Å². The van der Waals surface area contributed by atoms with Crippen LogP contribution in [0.3, 0.4) is 0 Å². The van der Waals surface area contributed by atoms with E-state index in [0.717, 1.165) is 5.56 Å². The third-order valence-corrected chi connectivity index (χ3v) is 3.63. The maximum Gasteiger partial charge on any atom is 0.292 e. The minimum Gasteiger partial charge on any atom is -0.378 e. The Kier molecular flexibility index (Phi) is 5.67. The van der Waals surface area contributed by atoms with Crippen LogP contribution in [0.2, 0.25) is 0 Å². The van der Waals surface area contributed by atoms with E-state index in [0.29, 0.717) is 24.6 Å². The van der Waals surface area contributed by atoms with E-state index in [4.69, 9.17) is 0 Å². The van der Waals surface area contributed by atoms with Crippen LogP contribution in [-0.2, 0) is 11.3 Å². The summed E-state index contributed by atoms with van der Waals surface area (Å²) < 4.78 is 0. The smallest absolute Gasteiger partial charge is 0.292 e. The number of carbonyl (C=O) groups is 1. The summed E-state index contributed by atoms with van der Waals surface area (Å²) >= 11 is 0. The van der Waals surface area contributed by atoms with Gasteiger partial charge in [-0.25, -0.2) is 0 Å². The van der Waals surface area contributed by atoms with Gasteiger partial charge in [-0.3, -0.25) is 14.9 Å². The molecule has 2 N–H and O–H groups in total. The van der Waals surface area contributed by atoms with Crippen LogP contribution in [0.25, 0.3) is 11.4 Å². The third-order valence-electron chi connectivity index (χ3n) is 3.63. The number of tetrazole rings is 1. The Bertz CT molecular complexity index is 927. The molecule has 0 bridgehead atoms. The average molecular weight is 367 g/mol. The fraction of sp³-hybridized carbons (Fsp3) is 0.176. The quantitative estimate of drug-likeness (QED) is 0.350. The Hall–Kier alpha value is -3.82. The Morgan fingerprint density at radius 2 is 1.81 bits per heavy atom. The van der Waals surface area contributed by atoms with Gasteiger partial charge in [-0.1, -0.05) is 42.5 Å². The number of nitro benzene ring substituents is 1. The first-order chi connectivity index (χ1) is 13.1. The lowest BCUT2D eigenvalue weighted by atomic mass is 10.2. The number of carbonyl (C=O) groups excluding carboxylic acids is 1. The van der Waals surface area contributed by atoms with Crippen molar-refractivity contribution in [2.24, 2.45) is 0 Å². The highest BCUT2D eigenvalue weighted by molar-refractivity contribution is 5.75. The first-order valence-corrected chi connectivity index (χ1v) is 8.21. The van der Waals surface area contributed by atoms with E-state index in [2.05, 4.69) is 26.0 Å². The summed E-state index contributed by atoms with van der Waals surface area (Å²) in [5, 5.41) is 28.5. The van der Waals surface area contributed by atoms with Gasteiger partial charge in [0.2, 0.25) is 11.7 Å². The summed E-state index contributed by atoms with van der Waals surface area (Å²) in [6, 6.07) is 15.7. The molecule has 10 heteroatoms. The number of hydrogen-bond donors (Lipinski definition) is 2. The van der Waals surface area contributed by atoms with Gasteiger partial charge in [0, 0.05) is 24.7 Å². The molecule has 138 valence electrons. The summed E-state index contributed by atoms with van der Waals surface area (Å²) in [5.41, 5.74) is 1.21. The number of nitrogens with zero attached hydrogens (tertiary/aromatic N) is 5. The predicted octanol–water partition coefficient (Wildman–Crippen LogP) is 1.48. The number of para-hydroxylation sites is 2. The van der Waals surface area contributed by atoms with Crippen molar-refractivity contribution >= 4 is 17.3 Å². The second kappa shape index (κ2) is 8.52. The van der Waals surface area contributed by atoms with Gasteiger partial charge in [-0.2, -0.15) is 4.80 Å². The maximum atomic E-state index is 12.0. The number of nitrogens with one attached hydrogen (secondary N) is 2. The van der Waals surface area contributed by atoms with Gasteiger partial charge in [0.15, 0.2) is 0 Å². The van der Waals surface area contributed by atoms with Crippen LogP contribution in [0.5, 0.6) is 0 Å². The average Bonchev–Trinajstić information content (AvgIpc) is 3.14. The predicted molar refractivity (Wildman–Crippen MR) is 97.8 cm³/mol. The number of aromatic nitrogens is 4. The number of amides is 1.